The van der Waals surface area contributed by atoms with Crippen LogP contribution in [0.2, 0.25) is 0 Å². The first-order chi connectivity index (χ1) is 16.0. The van der Waals surface area contributed by atoms with Crippen molar-refractivity contribution in [2.75, 3.05) is 16.1 Å². The highest BCUT2D eigenvalue weighted by Gasteiger charge is 2.26. The molecule has 4 rings (SSSR count). The van der Waals surface area contributed by atoms with E-state index in [9.17, 15) is 18.8 Å². The van der Waals surface area contributed by atoms with Gasteiger partial charge in [-0.05, 0) is 54.6 Å². The van der Waals surface area contributed by atoms with Gasteiger partial charge in [-0.25, -0.2) is 4.39 Å². The van der Waals surface area contributed by atoms with Gasteiger partial charge in [0.05, 0.1) is 17.9 Å². The quantitative estimate of drug-likeness (QED) is 0.541. The number of amidine groups is 1. The Morgan fingerprint density at radius 1 is 0.970 bits per heavy atom. The van der Waals surface area contributed by atoms with E-state index in [1.54, 1.807) is 30.3 Å². The molecule has 0 aromatic heterocycles. The minimum atomic E-state index is -0.413. The van der Waals surface area contributed by atoms with Crippen LogP contribution in [0.1, 0.15) is 16.8 Å². The Bertz CT molecular complexity index is 1220. The van der Waals surface area contributed by atoms with Gasteiger partial charge in [-0.3, -0.25) is 14.4 Å². The average Bonchev–Trinajstić information content (AvgIpc) is 3.18. The van der Waals surface area contributed by atoms with Crippen LogP contribution in [0.5, 0.6) is 0 Å². The Morgan fingerprint density at radius 3 is 2.48 bits per heavy atom. The van der Waals surface area contributed by atoms with Crippen LogP contribution in [0.15, 0.2) is 88.9 Å². The molecule has 1 heterocycles. The van der Waals surface area contributed by atoms with Crippen LogP contribution in [-0.2, 0) is 9.59 Å². The van der Waals surface area contributed by atoms with E-state index < -0.39 is 5.82 Å². The molecule has 0 radical (unpaired) electrons. The Balaban J connectivity index is 1.31. The lowest BCUT2D eigenvalue weighted by Gasteiger charge is -2.10. The minimum absolute atomic E-state index is 0.0240. The molecule has 3 amide bonds. The molecule has 166 valence electrons. The molecule has 0 saturated heterocycles. The number of nitrogens with one attached hydrogen (secondary N) is 2. The lowest BCUT2D eigenvalue weighted by molar-refractivity contribution is -0.117. The van der Waals surface area contributed by atoms with Crippen LogP contribution in [0.25, 0.3) is 0 Å². The Labute approximate surface area is 193 Å². The van der Waals surface area contributed by atoms with E-state index in [0.717, 1.165) is 4.90 Å². The number of nitrogens with zero attached hydrogens (tertiary/aromatic N) is 2. The zero-order valence-electron chi connectivity index (χ0n) is 17.3. The van der Waals surface area contributed by atoms with E-state index in [-0.39, 0.29) is 29.9 Å². The molecule has 7 nitrogen and oxygen atoms in total. The van der Waals surface area contributed by atoms with E-state index in [4.69, 9.17) is 0 Å². The summed E-state index contributed by atoms with van der Waals surface area (Å²) in [5, 5.41) is 10.9. The van der Waals surface area contributed by atoms with Crippen molar-refractivity contribution in [1.29, 1.82) is 0 Å². The second kappa shape index (κ2) is 10.1. The monoisotopic (exact) mass is 462 g/mol. The van der Waals surface area contributed by atoms with Crippen LogP contribution >= 0.6 is 11.8 Å². The number of hydrazone groups is 1. The van der Waals surface area contributed by atoms with Gasteiger partial charge in [0.15, 0.2) is 0 Å². The highest BCUT2D eigenvalue weighted by atomic mass is 32.2. The third kappa shape index (κ3) is 5.83. The smallest absolute Gasteiger partial charge is 0.255 e. The predicted octanol–water partition coefficient (Wildman–Crippen LogP) is 4.04. The van der Waals surface area contributed by atoms with Gasteiger partial charge in [0.2, 0.25) is 5.91 Å². The maximum atomic E-state index is 13.0. The SMILES string of the molecule is O=C(CSc1cccc(NC(=O)c2ccc(F)cc2)c1)NC1=NN(c2ccccc2)C(=O)C1. The molecule has 0 fully saturated rings. The van der Waals surface area contributed by atoms with Crippen LogP contribution in [0, 0.1) is 5.82 Å². The first-order valence-corrected chi connectivity index (χ1v) is 11.0. The number of amides is 3. The van der Waals surface area contributed by atoms with Gasteiger partial charge >= 0.3 is 0 Å². The van der Waals surface area contributed by atoms with E-state index >= 15 is 0 Å². The number of anilines is 2. The summed E-state index contributed by atoms with van der Waals surface area (Å²) in [7, 11) is 0. The number of hydrogen-bond donors (Lipinski definition) is 2. The number of halogens is 1. The predicted molar refractivity (Wildman–Crippen MR) is 126 cm³/mol. The molecule has 2 N–H and O–H groups in total. The van der Waals surface area contributed by atoms with Crippen LogP contribution in [0.3, 0.4) is 0 Å². The average molecular weight is 463 g/mol. The Hall–Kier alpha value is -3.98. The van der Waals surface area contributed by atoms with Gasteiger partial charge in [0.25, 0.3) is 11.8 Å². The van der Waals surface area contributed by atoms with Crippen molar-refractivity contribution in [3.8, 4) is 0 Å². The van der Waals surface area contributed by atoms with Crippen molar-refractivity contribution in [1.82, 2.24) is 5.32 Å². The Kier molecular flexibility index (Phi) is 6.80. The summed E-state index contributed by atoms with van der Waals surface area (Å²) in [6.07, 6.45) is 0.0240. The van der Waals surface area contributed by atoms with Crippen molar-refractivity contribution >= 4 is 46.7 Å². The second-order valence-corrected chi connectivity index (χ2v) is 8.14. The third-order valence-electron chi connectivity index (χ3n) is 4.63. The lowest BCUT2D eigenvalue weighted by Crippen LogP contribution is -2.31. The molecule has 1 aliphatic heterocycles. The number of para-hydroxylation sites is 1. The summed E-state index contributed by atoms with van der Waals surface area (Å²) in [5.74, 6) is -0.870. The first-order valence-electron chi connectivity index (χ1n) is 10.0. The number of thioether (sulfide) groups is 1. The van der Waals surface area contributed by atoms with E-state index in [2.05, 4.69) is 15.7 Å². The molecule has 0 spiro atoms. The van der Waals surface area contributed by atoms with Gasteiger partial charge in [0, 0.05) is 16.1 Å². The van der Waals surface area contributed by atoms with Crippen molar-refractivity contribution < 1.29 is 18.8 Å². The zero-order chi connectivity index (χ0) is 23.2. The van der Waals surface area contributed by atoms with E-state index in [1.165, 1.54) is 41.0 Å². The fourth-order valence-corrected chi connectivity index (χ4v) is 3.84. The zero-order valence-corrected chi connectivity index (χ0v) is 18.1. The van der Waals surface area contributed by atoms with Crippen LogP contribution in [0.4, 0.5) is 15.8 Å². The summed E-state index contributed by atoms with van der Waals surface area (Å²) >= 11 is 1.28. The van der Waals surface area contributed by atoms with Crippen LogP contribution < -0.4 is 15.6 Å². The fraction of sp³-hybridized carbons (Fsp3) is 0.0833. The van der Waals surface area contributed by atoms with Gasteiger partial charge < -0.3 is 10.6 Å². The van der Waals surface area contributed by atoms with Gasteiger partial charge in [-0.15, -0.1) is 11.8 Å². The molecule has 9 heteroatoms. The van der Waals surface area contributed by atoms with Crippen LogP contribution in [-0.4, -0.2) is 29.3 Å². The number of carbonyl (C=O) groups excluding carboxylic acids is 3. The summed E-state index contributed by atoms with van der Waals surface area (Å²) in [6.45, 7) is 0. The highest BCUT2D eigenvalue weighted by molar-refractivity contribution is 8.00. The second-order valence-electron chi connectivity index (χ2n) is 7.09. The van der Waals surface area contributed by atoms with Crippen molar-refractivity contribution in [3.63, 3.8) is 0 Å². The number of rotatable bonds is 6. The van der Waals surface area contributed by atoms with Gasteiger partial charge in [-0.1, -0.05) is 24.3 Å². The molecule has 0 unspecified atom stereocenters. The highest BCUT2D eigenvalue weighted by Crippen LogP contribution is 2.23. The first kappa shape index (κ1) is 22.2. The fourth-order valence-electron chi connectivity index (χ4n) is 3.08. The Morgan fingerprint density at radius 2 is 1.73 bits per heavy atom. The van der Waals surface area contributed by atoms with Gasteiger partial charge in [0.1, 0.15) is 11.7 Å². The maximum Gasteiger partial charge on any atom is 0.255 e. The van der Waals surface area contributed by atoms with Crippen molar-refractivity contribution in [3.05, 3.63) is 90.2 Å². The van der Waals surface area contributed by atoms with Crippen molar-refractivity contribution in [2.24, 2.45) is 5.10 Å². The van der Waals surface area contributed by atoms with Crippen molar-refractivity contribution in [2.45, 2.75) is 11.3 Å². The number of carbonyl (C=O) groups is 3. The lowest BCUT2D eigenvalue weighted by atomic mass is 10.2. The molecular formula is C24H19FN4O3S. The molecule has 0 aliphatic carbocycles. The molecule has 1 aliphatic rings. The molecular weight excluding hydrogens is 443 g/mol. The summed E-state index contributed by atoms with van der Waals surface area (Å²) < 4.78 is 13.0. The standard InChI is InChI=1S/C24H19FN4O3S/c25-17-11-9-16(10-12-17)24(32)26-18-5-4-8-20(13-18)33-15-22(30)27-21-14-23(31)29(28-21)19-6-2-1-3-7-19/h1-13H,14-15H2,(H,26,32)(H,27,28,30). The summed E-state index contributed by atoms with van der Waals surface area (Å²) in [6, 6.07) is 21.3. The molecule has 0 saturated carbocycles. The number of hydrogen-bond acceptors (Lipinski definition) is 5. The largest absolute Gasteiger partial charge is 0.322 e. The minimum Gasteiger partial charge on any atom is -0.322 e. The normalized spacial score (nSPS) is 12.9. The summed E-state index contributed by atoms with van der Waals surface area (Å²) in [4.78, 5) is 37.6. The molecule has 3 aromatic carbocycles. The maximum absolute atomic E-state index is 13.0. The van der Waals surface area contributed by atoms with Gasteiger partial charge in [-0.2, -0.15) is 10.1 Å². The molecule has 3 aromatic rings. The number of benzene rings is 3. The molecule has 33 heavy (non-hydrogen) atoms. The summed E-state index contributed by atoms with van der Waals surface area (Å²) in [5.41, 5.74) is 1.53. The third-order valence-corrected chi connectivity index (χ3v) is 5.62. The molecule has 0 atom stereocenters. The van der Waals surface area contributed by atoms with E-state index in [1.807, 2.05) is 24.3 Å². The molecule has 0 bridgehead atoms. The topological polar surface area (TPSA) is 90.9 Å². The van der Waals surface area contributed by atoms with E-state index in [0.29, 0.717) is 22.8 Å².